The Balaban J connectivity index is 1.79. The Kier molecular flexibility index (Phi) is 10.3. The van der Waals surface area contributed by atoms with Crippen molar-refractivity contribution in [1.29, 1.82) is 0 Å². The molecule has 42 heavy (non-hydrogen) atoms. The minimum atomic E-state index is -4.22. The Morgan fingerprint density at radius 3 is 2.02 bits per heavy atom. The lowest BCUT2D eigenvalue weighted by Gasteiger charge is -2.33. The Hall–Kier alpha value is -3.85. The van der Waals surface area contributed by atoms with E-state index >= 15 is 0 Å². The highest BCUT2D eigenvalue weighted by molar-refractivity contribution is 7.92. The predicted molar refractivity (Wildman–Crippen MR) is 167 cm³/mol. The molecule has 0 radical (unpaired) electrons. The van der Waals surface area contributed by atoms with Gasteiger partial charge in [-0.3, -0.25) is 13.9 Å². The number of sulfonamides is 1. The monoisotopic (exact) mass is 623 g/mol. The second-order valence-electron chi connectivity index (χ2n) is 9.75. The van der Waals surface area contributed by atoms with Gasteiger partial charge in [0.2, 0.25) is 11.8 Å². The minimum Gasteiger partial charge on any atom is -0.357 e. The Morgan fingerprint density at radius 2 is 1.43 bits per heavy atom. The summed E-state index contributed by atoms with van der Waals surface area (Å²) in [6.07, 6.45) is 0.232. The van der Waals surface area contributed by atoms with Crippen LogP contribution < -0.4 is 9.62 Å². The van der Waals surface area contributed by atoms with Gasteiger partial charge >= 0.3 is 0 Å². The normalized spacial score (nSPS) is 11.9. The Labute approximate surface area is 256 Å². The van der Waals surface area contributed by atoms with Gasteiger partial charge in [0.05, 0.1) is 20.6 Å². The molecule has 0 fully saturated rings. The van der Waals surface area contributed by atoms with Crippen LogP contribution in [0.4, 0.5) is 5.69 Å². The molecule has 2 amide bonds. The van der Waals surface area contributed by atoms with Gasteiger partial charge in [-0.05, 0) is 48.4 Å². The van der Waals surface area contributed by atoms with E-state index in [2.05, 4.69) is 5.32 Å². The van der Waals surface area contributed by atoms with Gasteiger partial charge in [0.1, 0.15) is 12.6 Å². The van der Waals surface area contributed by atoms with Crippen LogP contribution in [-0.2, 0) is 32.6 Å². The third kappa shape index (κ3) is 7.50. The van der Waals surface area contributed by atoms with E-state index in [0.29, 0.717) is 0 Å². The van der Waals surface area contributed by atoms with Crippen molar-refractivity contribution < 1.29 is 18.0 Å². The molecule has 0 saturated carbocycles. The molecule has 0 bridgehead atoms. The molecule has 7 nitrogen and oxygen atoms in total. The topological polar surface area (TPSA) is 86.8 Å². The smallest absolute Gasteiger partial charge is 0.264 e. The van der Waals surface area contributed by atoms with Crippen molar-refractivity contribution in [2.45, 2.75) is 30.8 Å². The number of benzene rings is 4. The molecule has 4 aromatic rings. The molecule has 0 aliphatic heterocycles. The summed E-state index contributed by atoms with van der Waals surface area (Å²) >= 11 is 12.4. The van der Waals surface area contributed by atoms with Crippen molar-refractivity contribution in [2.24, 2.45) is 0 Å². The van der Waals surface area contributed by atoms with Gasteiger partial charge in [-0.2, -0.15) is 0 Å². The van der Waals surface area contributed by atoms with E-state index in [1.165, 1.54) is 42.3 Å². The average molecular weight is 625 g/mol. The fourth-order valence-electron chi connectivity index (χ4n) is 4.50. The summed E-state index contributed by atoms with van der Waals surface area (Å²) in [6.45, 7) is 1.47. The second-order valence-corrected chi connectivity index (χ2v) is 12.4. The average Bonchev–Trinajstić information content (AvgIpc) is 3.00. The number of carbonyl (C=O) groups is 2. The Morgan fingerprint density at radius 1 is 0.810 bits per heavy atom. The van der Waals surface area contributed by atoms with Crippen molar-refractivity contribution in [1.82, 2.24) is 10.2 Å². The number of halogens is 2. The molecule has 10 heteroatoms. The van der Waals surface area contributed by atoms with Gasteiger partial charge in [0.15, 0.2) is 0 Å². The predicted octanol–water partition coefficient (Wildman–Crippen LogP) is 5.88. The highest BCUT2D eigenvalue weighted by Gasteiger charge is 2.34. The van der Waals surface area contributed by atoms with Crippen molar-refractivity contribution in [3.05, 3.63) is 130 Å². The van der Waals surface area contributed by atoms with Crippen LogP contribution in [-0.4, -0.2) is 44.8 Å². The summed E-state index contributed by atoms with van der Waals surface area (Å²) in [4.78, 5) is 29.0. The lowest BCUT2D eigenvalue weighted by atomic mass is 10.0. The van der Waals surface area contributed by atoms with E-state index < -0.39 is 28.5 Å². The standard InChI is InChI=1S/C32H31Cl2N3O4S/c1-23-13-15-25(16-14-23)21-36(30(32(39)35-2)19-24-9-5-3-6-10-24)31(38)22-37(26-17-18-28(33)29(34)20-26)42(40,41)27-11-7-4-8-12-27/h3-18,20,30H,19,21-22H2,1-2H3,(H,35,39)/t30-/m0/s1. The molecule has 0 spiro atoms. The van der Waals surface area contributed by atoms with Crippen LogP contribution in [0.5, 0.6) is 0 Å². The number of hydrogen-bond donors (Lipinski definition) is 1. The third-order valence-corrected chi connectivity index (χ3v) is 9.32. The van der Waals surface area contributed by atoms with Crippen LogP contribution in [0.3, 0.4) is 0 Å². The first-order chi connectivity index (χ1) is 20.1. The molecule has 0 aromatic heterocycles. The second kappa shape index (κ2) is 13.9. The first kappa shape index (κ1) is 31.1. The van der Waals surface area contributed by atoms with E-state index in [4.69, 9.17) is 23.2 Å². The van der Waals surface area contributed by atoms with Gasteiger partial charge < -0.3 is 10.2 Å². The molecule has 0 aliphatic rings. The van der Waals surface area contributed by atoms with E-state index in [1.807, 2.05) is 61.5 Å². The van der Waals surface area contributed by atoms with Crippen molar-refractivity contribution in [3.8, 4) is 0 Å². The zero-order chi connectivity index (χ0) is 30.3. The first-order valence-corrected chi connectivity index (χ1v) is 15.4. The lowest BCUT2D eigenvalue weighted by Crippen LogP contribution is -2.53. The molecule has 0 unspecified atom stereocenters. The van der Waals surface area contributed by atoms with Gasteiger partial charge in [-0.25, -0.2) is 8.42 Å². The summed E-state index contributed by atoms with van der Waals surface area (Å²) in [5.41, 5.74) is 2.86. The molecule has 4 rings (SSSR count). The van der Waals surface area contributed by atoms with Gasteiger partial charge in [-0.1, -0.05) is 102 Å². The first-order valence-electron chi connectivity index (χ1n) is 13.2. The summed E-state index contributed by atoms with van der Waals surface area (Å²) < 4.78 is 28.9. The lowest BCUT2D eigenvalue weighted by molar-refractivity contribution is -0.139. The van der Waals surface area contributed by atoms with E-state index in [0.717, 1.165) is 21.0 Å². The van der Waals surface area contributed by atoms with Crippen molar-refractivity contribution >= 4 is 50.7 Å². The van der Waals surface area contributed by atoms with Crippen LogP contribution in [0.15, 0.2) is 108 Å². The number of rotatable bonds is 11. The number of anilines is 1. The van der Waals surface area contributed by atoms with E-state index in [-0.39, 0.29) is 39.5 Å². The molecule has 4 aromatic carbocycles. The molecule has 0 aliphatic carbocycles. The maximum atomic E-state index is 14.3. The molecular weight excluding hydrogens is 593 g/mol. The zero-order valence-corrected chi connectivity index (χ0v) is 25.5. The maximum Gasteiger partial charge on any atom is 0.264 e. The molecular formula is C32H31Cl2N3O4S. The number of likely N-dealkylation sites (N-methyl/N-ethyl adjacent to an activating group) is 1. The molecule has 1 N–H and O–H groups in total. The summed E-state index contributed by atoms with van der Waals surface area (Å²) in [5.74, 6) is -0.933. The number of nitrogens with one attached hydrogen (secondary N) is 1. The van der Waals surface area contributed by atoms with Gasteiger partial charge in [0, 0.05) is 20.0 Å². The quantitative estimate of drug-likeness (QED) is 0.226. The number of nitrogens with zero attached hydrogens (tertiary/aromatic N) is 2. The molecule has 218 valence electrons. The number of hydrogen-bond acceptors (Lipinski definition) is 4. The van der Waals surface area contributed by atoms with Crippen LogP contribution >= 0.6 is 23.2 Å². The number of aryl methyl sites for hydroxylation is 1. The van der Waals surface area contributed by atoms with Crippen LogP contribution in [0, 0.1) is 6.92 Å². The summed E-state index contributed by atoms with van der Waals surface area (Å²) in [5, 5.41) is 3.05. The largest absolute Gasteiger partial charge is 0.357 e. The van der Waals surface area contributed by atoms with Gasteiger partial charge in [0.25, 0.3) is 10.0 Å². The van der Waals surface area contributed by atoms with Crippen LogP contribution in [0.2, 0.25) is 10.0 Å². The minimum absolute atomic E-state index is 0.00101. The fourth-order valence-corrected chi connectivity index (χ4v) is 6.22. The molecule has 0 saturated heterocycles. The Bertz CT molecular complexity index is 1630. The highest BCUT2D eigenvalue weighted by Crippen LogP contribution is 2.31. The third-order valence-electron chi connectivity index (χ3n) is 6.79. The fraction of sp³-hybridized carbons (Fsp3) is 0.188. The van der Waals surface area contributed by atoms with Crippen molar-refractivity contribution in [2.75, 3.05) is 17.9 Å². The van der Waals surface area contributed by atoms with E-state index in [1.54, 1.807) is 18.2 Å². The number of carbonyl (C=O) groups excluding carboxylic acids is 2. The zero-order valence-electron chi connectivity index (χ0n) is 23.2. The van der Waals surface area contributed by atoms with Crippen LogP contribution in [0.1, 0.15) is 16.7 Å². The molecule has 0 heterocycles. The maximum absolute atomic E-state index is 14.3. The molecule has 1 atom stereocenters. The number of amides is 2. The summed E-state index contributed by atoms with van der Waals surface area (Å²) in [6, 6.07) is 28.3. The van der Waals surface area contributed by atoms with Gasteiger partial charge in [-0.15, -0.1) is 0 Å². The van der Waals surface area contributed by atoms with Crippen LogP contribution in [0.25, 0.3) is 0 Å². The summed E-state index contributed by atoms with van der Waals surface area (Å²) in [7, 11) is -2.71. The van der Waals surface area contributed by atoms with E-state index in [9.17, 15) is 18.0 Å². The van der Waals surface area contributed by atoms with Crippen molar-refractivity contribution in [3.63, 3.8) is 0 Å². The highest BCUT2D eigenvalue weighted by atomic mass is 35.5. The SMILES string of the molecule is CNC(=O)[C@H](Cc1ccccc1)N(Cc1ccc(C)cc1)C(=O)CN(c1ccc(Cl)c(Cl)c1)S(=O)(=O)c1ccccc1.